The van der Waals surface area contributed by atoms with E-state index in [1.165, 1.54) is 17.2 Å². The SMILES string of the molecule is CCOC(=O)[C@H](O)Cn1cnc2c(N)ncnc21. The molecule has 0 unspecified atom stereocenters. The van der Waals surface area contributed by atoms with Crippen molar-refractivity contribution in [2.24, 2.45) is 0 Å². The number of hydrogen-bond acceptors (Lipinski definition) is 7. The molecule has 2 rings (SSSR count). The van der Waals surface area contributed by atoms with Gasteiger partial charge in [-0.1, -0.05) is 0 Å². The van der Waals surface area contributed by atoms with Gasteiger partial charge in [-0.2, -0.15) is 0 Å². The zero-order valence-corrected chi connectivity index (χ0v) is 9.78. The Hall–Kier alpha value is -2.22. The summed E-state index contributed by atoms with van der Waals surface area (Å²) in [7, 11) is 0. The maximum absolute atomic E-state index is 11.3. The van der Waals surface area contributed by atoms with Crippen molar-refractivity contribution in [1.29, 1.82) is 0 Å². The minimum atomic E-state index is -1.27. The smallest absolute Gasteiger partial charge is 0.336 e. The number of ether oxygens (including phenoxy) is 1. The Bertz CT molecular complexity index is 568. The first kappa shape index (κ1) is 12.2. The average Bonchev–Trinajstić information content (AvgIpc) is 2.74. The van der Waals surface area contributed by atoms with Gasteiger partial charge in [-0.25, -0.2) is 19.7 Å². The number of rotatable bonds is 4. The summed E-state index contributed by atoms with van der Waals surface area (Å²) in [5, 5.41) is 9.65. The van der Waals surface area contributed by atoms with Gasteiger partial charge in [0.25, 0.3) is 0 Å². The number of aliphatic hydroxyl groups excluding tert-OH is 1. The monoisotopic (exact) mass is 251 g/mol. The van der Waals surface area contributed by atoms with E-state index < -0.39 is 12.1 Å². The van der Waals surface area contributed by atoms with Crippen molar-refractivity contribution in [2.75, 3.05) is 12.3 Å². The average molecular weight is 251 g/mol. The molecule has 0 aromatic carbocycles. The molecule has 0 bridgehead atoms. The zero-order chi connectivity index (χ0) is 13.1. The number of nitrogens with zero attached hydrogens (tertiary/aromatic N) is 4. The Morgan fingerprint density at radius 1 is 1.56 bits per heavy atom. The predicted octanol–water partition coefficient (Wildman–Crippen LogP) is -0.668. The van der Waals surface area contributed by atoms with Gasteiger partial charge >= 0.3 is 5.97 Å². The van der Waals surface area contributed by atoms with Crippen LogP contribution in [0.15, 0.2) is 12.7 Å². The highest BCUT2D eigenvalue weighted by atomic mass is 16.5. The van der Waals surface area contributed by atoms with Gasteiger partial charge in [0, 0.05) is 0 Å². The molecule has 1 atom stereocenters. The number of nitrogen functional groups attached to an aromatic ring is 1. The van der Waals surface area contributed by atoms with Crippen LogP contribution in [0.3, 0.4) is 0 Å². The summed E-state index contributed by atoms with van der Waals surface area (Å²) in [6, 6.07) is 0. The number of carbonyl (C=O) groups excluding carboxylic acids is 1. The van der Waals surface area contributed by atoms with E-state index in [4.69, 9.17) is 10.5 Å². The number of nitrogens with two attached hydrogens (primary N) is 1. The van der Waals surface area contributed by atoms with Gasteiger partial charge in [0.1, 0.15) is 11.8 Å². The predicted molar refractivity (Wildman–Crippen MR) is 62.4 cm³/mol. The standard InChI is InChI=1S/C10H13N5O3/c1-2-18-10(17)6(16)3-15-5-14-7-8(11)12-4-13-9(7)15/h4-6,16H,2-3H2,1H3,(H2,11,12,13)/t6-/m1/s1. The summed E-state index contributed by atoms with van der Waals surface area (Å²) in [6.45, 7) is 1.90. The maximum atomic E-state index is 11.3. The van der Waals surface area contributed by atoms with Crippen molar-refractivity contribution in [3.63, 3.8) is 0 Å². The molecular formula is C10H13N5O3. The molecule has 2 aromatic heterocycles. The number of imidazole rings is 1. The van der Waals surface area contributed by atoms with Gasteiger partial charge in [0.05, 0.1) is 19.5 Å². The maximum Gasteiger partial charge on any atom is 0.336 e. The number of fused-ring (bicyclic) bond motifs is 1. The minimum Gasteiger partial charge on any atom is -0.464 e. The van der Waals surface area contributed by atoms with E-state index >= 15 is 0 Å². The van der Waals surface area contributed by atoms with E-state index in [0.717, 1.165) is 0 Å². The second-order valence-corrected chi connectivity index (χ2v) is 3.60. The third-order valence-electron chi connectivity index (χ3n) is 2.36. The van der Waals surface area contributed by atoms with E-state index in [1.807, 2.05) is 0 Å². The lowest BCUT2D eigenvalue weighted by molar-refractivity contribution is -0.153. The van der Waals surface area contributed by atoms with Crippen LogP contribution in [0.4, 0.5) is 5.82 Å². The number of hydrogen-bond donors (Lipinski definition) is 2. The van der Waals surface area contributed by atoms with Gasteiger partial charge in [0.15, 0.2) is 17.6 Å². The molecule has 0 radical (unpaired) electrons. The second kappa shape index (κ2) is 4.96. The molecule has 0 spiro atoms. The fourth-order valence-corrected chi connectivity index (χ4v) is 1.53. The number of aliphatic hydroxyl groups is 1. The fraction of sp³-hybridized carbons (Fsp3) is 0.400. The molecule has 0 amide bonds. The number of anilines is 1. The Balaban J connectivity index is 2.22. The van der Waals surface area contributed by atoms with Gasteiger partial charge in [-0.15, -0.1) is 0 Å². The lowest BCUT2D eigenvalue weighted by Gasteiger charge is -2.10. The molecule has 0 aliphatic heterocycles. The van der Waals surface area contributed by atoms with Crippen LogP contribution in [0, 0.1) is 0 Å². The molecule has 8 nitrogen and oxygen atoms in total. The summed E-state index contributed by atoms with van der Waals surface area (Å²) < 4.78 is 6.23. The van der Waals surface area contributed by atoms with Crippen molar-refractivity contribution < 1.29 is 14.6 Å². The molecule has 18 heavy (non-hydrogen) atoms. The van der Waals surface area contributed by atoms with E-state index in [2.05, 4.69) is 15.0 Å². The highest BCUT2D eigenvalue weighted by Crippen LogP contribution is 2.14. The molecule has 2 heterocycles. The van der Waals surface area contributed by atoms with Crippen LogP contribution in [0.1, 0.15) is 6.92 Å². The van der Waals surface area contributed by atoms with E-state index in [-0.39, 0.29) is 19.0 Å². The highest BCUT2D eigenvalue weighted by molar-refractivity contribution is 5.81. The van der Waals surface area contributed by atoms with Crippen LogP contribution in [0.25, 0.3) is 11.2 Å². The van der Waals surface area contributed by atoms with E-state index in [9.17, 15) is 9.90 Å². The summed E-state index contributed by atoms with van der Waals surface area (Å²) in [4.78, 5) is 23.1. The topological polar surface area (TPSA) is 116 Å². The highest BCUT2D eigenvalue weighted by Gasteiger charge is 2.18. The molecule has 96 valence electrons. The van der Waals surface area contributed by atoms with Crippen molar-refractivity contribution in [3.05, 3.63) is 12.7 Å². The van der Waals surface area contributed by atoms with E-state index in [1.54, 1.807) is 6.92 Å². The van der Waals surface area contributed by atoms with Crippen molar-refractivity contribution in [1.82, 2.24) is 19.5 Å². The Morgan fingerprint density at radius 3 is 3.06 bits per heavy atom. The lowest BCUT2D eigenvalue weighted by atomic mass is 10.3. The van der Waals surface area contributed by atoms with Crippen molar-refractivity contribution >= 4 is 23.0 Å². The quantitative estimate of drug-likeness (QED) is 0.692. The van der Waals surface area contributed by atoms with Crippen LogP contribution in [-0.4, -0.2) is 43.3 Å². The molecule has 3 N–H and O–H groups in total. The first-order valence-corrected chi connectivity index (χ1v) is 5.39. The normalized spacial score (nSPS) is 12.6. The van der Waals surface area contributed by atoms with Crippen LogP contribution in [0.5, 0.6) is 0 Å². The van der Waals surface area contributed by atoms with Gasteiger partial charge in [0.2, 0.25) is 0 Å². The summed E-state index contributed by atoms with van der Waals surface area (Å²) in [6.07, 6.45) is 1.48. The second-order valence-electron chi connectivity index (χ2n) is 3.60. The molecule has 0 saturated carbocycles. The largest absolute Gasteiger partial charge is 0.464 e. The van der Waals surface area contributed by atoms with Crippen LogP contribution < -0.4 is 5.73 Å². The molecule has 0 saturated heterocycles. The van der Waals surface area contributed by atoms with Gasteiger partial charge < -0.3 is 20.1 Å². The van der Waals surface area contributed by atoms with Gasteiger partial charge in [-0.05, 0) is 6.92 Å². The molecule has 2 aromatic rings. The van der Waals surface area contributed by atoms with Crippen LogP contribution in [-0.2, 0) is 16.1 Å². The molecular weight excluding hydrogens is 238 g/mol. The molecule has 0 fully saturated rings. The summed E-state index contributed by atoms with van der Waals surface area (Å²) in [5.41, 5.74) is 6.53. The Morgan fingerprint density at radius 2 is 2.33 bits per heavy atom. The van der Waals surface area contributed by atoms with Gasteiger partial charge in [-0.3, -0.25) is 0 Å². The molecule has 8 heteroatoms. The number of carbonyl (C=O) groups is 1. The Kier molecular flexibility index (Phi) is 3.38. The Labute approximate surface area is 102 Å². The third kappa shape index (κ3) is 2.23. The number of esters is 1. The zero-order valence-electron chi connectivity index (χ0n) is 9.78. The van der Waals surface area contributed by atoms with Crippen LogP contribution in [0.2, 0.25) is 0 Å². The summed E-state index contributed by atoms with van der Waals surface area (Å²) in [5.74, 6) is -0.425. The first-order valence-electron chi connectivity index (χ1n) is 5.39. The number of aromatic nitrogens is 4. The lowest BCUT2D eigenvalue weighted by Crippen LogP contribution is -2.27. The molecule has 0 aliphatic rings. The summed E-state index contributed by atoms with van der Waals surface area (Å²) >= 11 is 0. The third-order valence-corrected chi connectivity index (χ3v) is 2.36. The van der Waals surface area contributed by atoms with Crippen LogP contribution >= 0.6 is 0 Å². The fourth-order valence-electron chi connectivity index (χ4n) is 1.53. The minimum absolute atomic E-state index is 0.00574. The molecule has 0 aliphatic carbocycles. The van der Waals surface area contributed by atoms with Crippen molar-refractivity contribution in [2.45, 2.75) is 19.6 Å². The van der Waals surface area contributed by atoms with Crippen molar-refractivity contribution in [3.8, 4) is 0 Å². The van der Waals surface area contributed by atoms with E-state index in [0.29, 0.717) is 11.2 Å². The first-order chi connectivity index (χ1) is 8.63.